The van der Waals surface area contributed by atoms with Crippen molar-refractivity contribution in [2.24, 2.45) is 0 Å². The van der Waals surface area contributed by atoms with E-state index >= 15 is 0 Å². The summed E-state index contributed by atoms with van der Waals surface area (Å²) in [6, 6.07) is 10.8. The molecule has 4 nitrogen and oxygen atoms in total. The summed E-state index contributed by atoms with van der Waals surface area (Å²) in [7, 11) is 0. The Kier molecular flexibility index (Phi) is 6.86. The maximum atomic E-state index is 12.7. The summed E-state index contributed by atoms with van der Waals surface area (Å²) in [5, 5.41) is 16.3. The molecular formula is C21H16Cl2N2O2S2. The van der Waals surface area contributed by atoms with Gasteiger partial charge in [0.25, 0.3) is 0 Å². The van der Waals surface area contributed by atoms with Gasteiger partial charge in [0.1, 0.15) is 0 Å². The van der Waals surface area contributed by atoms with Gasteiger partial charge in [-0.2, -0.15) is 5.26 Å². The van der Waals surface area contributed by atoms with Crippen LogP contribution in [0.5, 0.6) is 0 Å². The number of thiophene rings is 1. The predicted octanol–water partition coefficient (Wildman–Crippen LogP) is 5.96. The van der Waals surface area contributed by atoms with Crippen molar-refractivity contribution >= 4 is 57.9 Å². The van der Waals surface area contributed by atoms with Gasteiger partial charge in [-0.05, 0) is 43.5 Å². The van der Waals surface area contributed by atoms with Crippen LogP contribution in [-0.4, -0.2) is 17.3 Å². The highest BCUT2D eigenvalue weighted by atomic mass is 35.5. The van der Waals surface area contributed by atoms with E-state index in [0.29, 0.717) is 37.5 Å². The molecule has 2 aromatic rings. The number of thioether (sulfide) groups is 1. The van der Waals surface area contributed by atoms with E-state index in [4.69, 9.17) is 23.2 Å². The number of halogens is 2. The predicted molar refractivity (Wildman–Crippen MR) is 119 cm³/mol. The van der Waals surface area contributed by atoms with E-state index in [1.165, 1.54) is 36.1 Å². The van der Waals surface area contributed by atoms with E-state index in [0.717, 1.165) is 4.88 Å². The number of ketones is 2. The van der Waals surface area contributed by atoms with Crippen molar-refractivity contribution in [3.8, 4) is 6.07 Å². The highest BCUT2D eigenvalue weighted by Crippen LogP contribution is 2.42. The zero-order valence-electron chi connectivity index (χ0n) is 15.6. The quantitative estimate of drug-likeness (QED) is 0.536. The minimum Gasteiger partial charge on any atom is -0.353 e. The van der Waals surface area contributed by atoms with Crippen LogP contribution < -0.4 is 5.32 Å². The van der Waals surface area contributed by atoms with Crippen LogP contribution in [0.2, 0.25) is 10.0 Å². The Morgan fingerprint density at radius 1 is 1.31 bits per heavy atom. The van der Waals surface area contributed by atoms with E-state index < -0.39 is 5.92 Å². The lowest BCUT2D eigenvalue weighted by molar-refractivity contribution is -0.113. The molecule has 1 N–H and O–H groups in total. The van der Waals surface area contributed by atoms with Gasteiger partial charge in [0, 0.05) is 26.7 Å². The summed E-state index contributed by atoms with van der Waals surface area (Å²) in [5.74, 6) is -0.646. The highest BCUT2D eigenvalue weighted by molar-refractivity contribution is 8.03. The number of Topliss-reactive ketones (excluding diaryl/α,β-unsaturated/α-hetero) is 2. The van der Waals surface area contributed by atoms with Gasteiger partial charge in [0.05, 0.1) is 33.4 Å². The van der Waals surface area contributed by atoms with Crippen molar-refractivity contribution in [3.63, 3.8) is 0 Å². The fraction of sp³-hybridized carbons (Fsp3) is 0.190. The summed E-state index contributed by atoms with van der Waals surface area (Å²) < 4.78 is 0. The number of benzene rings is 1. The SMILES string of the molecule is CC(=O)C1=C(C)NC(SCC(=O)c2cc(Cl)ccc2Cl)=C(C#N)C1c1cccs1. The van der Waals surface area contributed by atoms with E-state index in [9.17, 15) is 14.9 Å². The van der Waals surface area contributed by atoms with Gasteiger partial charge in [0.2, 0.25) is 0 Å². The second kappa shape index (κ2) is 9.19. The lowest BCUT2D eigenvalue weighted by atomic mass is 9.85. The Morgan fingerprint density at radius 2 is 2.07 bits per heavy atom. The molecule has 8 heteroatoms. The molecular weight excluding hydrogens is 447 g/mol. The number of dihydropyridines is 1. The molecule has 3 rings (SSSR count). The fourth-order valence-electron chi connectivity index (χ4n) is 3.16. The molecule has 0 aliphatic carbocycles. The Bertz CT molecular complexity index is 1080. The lowest BCUT2D eigenvalue weighted by Gasteiger charge is -2.28. The third-order valence-electron chi connectivity index (χ3n) is 4.43. The molecule has 1 aliphatic heterocycles. The van der Waals surface area contributed by atoms with Gasteiger partial charge in [-0.25, -0.2) is 0 Å². The zero-order valence-corrected chi connectivity index (χ0v) is 18.7. The van der Waals surface area contributed by atoms with Crippen LogP contribution in [-0.2, 0) is 4.79 Å². The van der Waals surface area contributed by atoms with Crippen LogP contribution in [0, 0.1) is 11.3 Å². The number of carbonyl (C=O) groups excluding carboxylic acids is 2. The minimum atomic E-state index is -0.439. The average molecular weight is 463 g/mol. The summed E-state index contributed by atoms with van der Waals surface area (Å²) in [6.45, 7) is 3.31. The van der Waals surface area contributed by atoms with Crippen LogP contribution in [0.1, 0.15) is 35.0 Å². The number of carbonyl (C=O) groups is 2. The lowest BCUT2D eigenvalue weighted by Crippen LogP contribution is -2.27. The fourth-order valence-corrected chi connectivity index (χ4v) is 5.37. The number of hydrogen-bond donors (Lipinski definition) is 1. The zero-order chi connectivity index (χ0) is 21.1. The smallest absolute Gasteiger partial charge is 0.174 e. The molecule has 29 heavy (non-hydrogen) atoms. The Hall–Kier alpha value is -2.04. The molecule has 148 valence electrons. The van der Waals surface area contributed by atoms with E-state index in [2.05, 4.69) is 11.4 Å². The van der Waals surface area contributed by atoms with Crippen LogP contribution in [0.4, 0.5) is 0 Å². The van der Waals surface area contributed by atoms with E-state index in [1.54, 1.807) is 12.1 Å². The maximum Gasteiger partial charge on any atom is 0.174 e. The number of hydrogen-bond acceptors (Lipinski definition) is 6. The van der Waals surface area contributed by atoms with Crippen LogP contribution >= 0.6 is 46.3 Å². The number of nitrogens with zero attached hydrogens (tertiary/aromatic N) is 1. The molecule has 0 radical (unpaired) electrons. The third-order valence-corrected chi connectivity index (χ3v) is 6.95. The second-order valence-corrected chi connectivity index (χ2v) is 9.17. The molecule has 1 atom stereocenters. The van der Waals surface area contributed by atoms with Gasteiger partial charge in [-0.1, -0.05) is 41.0 Å². The first kappa shape index (κ1) is 21.7. The van der Waals surface area contributed by atoms with Gasteiger partial charge in [0.15, 0.2) is 11.6 Å². The van der Waals surface area contributed by atoms with Crippen molar-refractivity contribution < 1.29 is 9.59 Å². The first-order chi connectivity index (χ1) is 13.8. The summed E-state index contributed by atoms with van der Waals surface area (Å²) >= 11 is 14.8. The largest absolute Gasteiger partial charge is 0.353 e. The van der Waals surface area contributed by atoms with Crippen molar-refractivity contribution in [1.82, 2.24) is 5.32 Å². The van der Waals surface area contributed by atoms with E-state index in [-0.39, 0.29) is 17.3 Å². The van der Waals surface area contributed by atoms with Gasteiger partial charge >= 0.3 is 0 Å². The second-order valence-electron chi connectivity index (χ2n) is 6.36. The van der Waals surface area contributed by atoms with Crippen molar-refractivity contribution in [2.75, 3.05) is 5.75 Å². The Morgan fingerprint density at radius 3 is 2.69 bits per heavy atom. The normalized spacial score (nSPS) is 16.4. The molecule has 0 amide bonds. The highest BCUT2D eigenvalue weighted by Gasteiger charge is 2.33. The molecule has 0 saturated heterocycles. The van der Waals surface area contributed by atoms with Crippen molar-refractivity contribution in [1.29, 1.82) is 5.26 Å². The van der Waals surface area contributed by atoms with Crippen LogP contribution in [0.3, 0.4) is 0 Å². The van der Waals surface area contributed by atoms with Gasteiger partial charge in [-0.15, -0.1) is 11.3 Å². The van der Waals surface area contributed by atoms with Crippen molar-refractivity contribution in [2.45, 2.75) is 19.8 Å². The summed E-state index contributed by atoms with van der Waals surface area (Å²) in [4.78, 5) is 25.9. The van der Waals surface area contributed by atoms with Crippen LogP contribution in [0.25, 0.3) is 0 Å². The third kappa shape index (κ3) is 4.59. The minimum absolute atomic E-state index is 0.0768. The number of allylic oxidation sites excluding steroid dienone is 3. The molecule has 0 fully saturated rings. The monoisotopic (exact) mass is 462 g/mol. The van der Waals surface area contributed by atoms with Crippen LogP contribution in [0.15, 0.2) is 57.6 Å². The summed E-state index contributed by atoms with van der Waals surface area (Å²) in [5.41, 5.74) is 2.02. The van der Waals surface area contributed by atoms with Gasteiger partial charge < -0.3 is 5.32 Å². The molecule has 0 saturated carbocycles. The number of nitriles is 1. The van der Waals surface area contributed by atoms with Gasteiger partial charge in [-0.3, -0.25) is 9.59 Å². The molecule has 1 unspecified atom stereocenters. The first-order valence-corrected chi connectivity index (χ1v) is 11.2. The topological polar surface area (TPSA) is 70.0 Å². The Labute approximate surface area is 187 Å². The number of rotatable bonds is 6. The molecule has 0 bridgehead atoms. The van der Waals surface area contributed by atoms with Crippen molar-refractivity contribution in [3.05, 3.63) is 78.1 Å². The number of nitrogens with one attached hydrogen (secondary N) is 1. The average Bonchev–Trinajstić information content (AvgIpc) is 3.21. The standard InChI is InChI=1S/C21H16Cl2N2O2S2/c1-11-19(12(2)26)20(18-4-3-7-28-18)15(9-24)21(25-11)29-10-17(27)14-8-13(22)5-6-16(14)23/h3-8,20,25H,10H2,1-2H3. The molecule has 1 aromatic carbocycles. The molecule has 1 aromatic heterocycles. The van der Waals surface area contributed by atoms with E-state index in [1.807, 2.05) is 24.4 Å². The molecule has 1 aliphatic rings. The summed E-state index contributed by atoms with van der Waals surface area (Å²) in [6.07, 6.45) is 0. The molecule has 0 spiro atoms. The first-order valence-electron chi connectivity index (χ1n) is 8.61. The maximum absolute atomic E-state index is 12.7. The molecule has 2 heterocycles. The Balaban J connectivity index is 1.93.